The van der Waals surface area contributed by atoms with Gasteiger partial charge in [-0.05, 0) is 48.3 Å². The Bertz CT molecular complexity index is 1240. The molecule has 32 heavy (non-hydrogen) atoms. The number of H-pyrrole nitrogens is 1. The fraction of sp³-hybridized carbons (Fsp3) is 0.370. The van der Waals surface area contributed by atoms with Crippen LogP contribution in [0.2, 0.25) is 0 Å². The van der Waals surface area contributed by atoms with Gasteiger partial charge >= 0.3 is 0 Å². The monoisotopic (exact) mass is 425 g/mol. The molecule has 1 N–H and O–H groups in total. The summed E-state index contributed by atoms with van der Waals surface area (Å²) in [5, 5.41) is 0. The number of aromatic amines is 1. The molecule has 0 bridgehead atoms. The van der Waals surface area contributed by atoms with Gasteiger partial charge in [-0.15, -0.1) is 0 Å². The molecule has 162 valence electrons. The molecule has 0 saturated heterocycles. The Balaban J connectivity index is 1.21. The molecular formula is C27H27N3O2. The third kappa shape index (κ3) is 3.46. The van der Waals surface area contributed by atoms with Gasteiger partial charge in [0.15, 0.2) is 0 Å². The first-order valence-corrected chi connectivity index (χ1v) is 11.7. The van der Waals surface area contributed by atoms with Gasteiger partial charge in [0.1, 0.15) is 5.82 Å². The van der Waals surface area contributed by atoms with Crippen molar-refractivity contribution in [3.63, 3.8) is 0 Å². The van der Waals surface area contributed by atoms with Crippen LogP contribution in [0.4, 0.5) is 0 Å². The minimum atomic E-state index is -0.158. The first-order valence-electron chi connectivity index (χ1n) is 11.7. The minimum absolute atomic E-state index is 0.0787. The van der Waals surface area contributed by atoms with Crippen molar-refractivity contribution >= 4 is 5.91 Å². The molecule has 2 aliphatic carbocycles. The van der Waals surface area contributed by atoms with Crippen molar-refractivity contribution in [2.75, 3.05) is 6.54 Å². The minimum Gasteiger partial charge on any atom is -0.337 e. The highest BCUT2D eigenvalue weighted by Crippen LogP contribution is 2.51. The lowest BCUT2D eigenvalue weighted by Gasteiger charge is -2.28. The predicted molar refractivity (Wildman–Crippen MR) is 123 cm³/mol. The normalized spacial score (nSPS) is 18.8. The summed E-state index contributed by atoms with van der Waals surface area (Å²) in [5.41, 5.74) is 4.86. The van der Waals surface area contributed by atoms with Gasteiger partial charge in [-0.3, -0.25) is 9.59 Å². The molecule has 0 atom stereocenters. The Hall–Kier alpha value is -3.21. The number of carbonyl (C=O) groups is 1. The third-order valence-electron chi connectivity index (χ3n) is 7.31. The lowest BCUT2D eigenvalue weighted by molar-refractivity contribution is -0.131. The number of nitrogens with one attached hydrogen (secondary N) is 1. The van der Waals surface area contributed by atoms with Gasteiger partial charge in [0.05, 0.1) is 29.6 Å². The molecule has 3 aromatic rings. The second kappa shape index (κ2) is 7.44. The van der Waals surface area contributed by atoms with Crippen molar-refractivity contribution in [3.05, 3.63) is 98.7 Å². The number of benzene rings is 2. The number of carbonyl (C=O) groups excluding carboxylic acids is 1. The number of hydrogen-bond donors (Lipinski definition) is 1. The Morgan fingerprint density at radius 3 is 2.66 bits per heavy atom. The van der Waals surface area contributed by atoms with Crippen molar-refractivity contribution in [2.24, 2.45) is 0 Å². The smallest absolute Gasteiger partial charge is 0.256 e. The Morgan fingerprint density at radius 2 is 1.91 bits per heavy atom. The van der Waals surface area contributed by atoms with Crippen LogP contribution in [0.25, 0.3) is 0 Å². The van der Waals surface area contributed by atoms with Crippen LogP contribution in [0.3, 0.4) is 0 Å². The summed E-state index contributed by atoms with van der Waals surface area (Å²) in [4.78, 5) is 35.8. The summed E-state index contributed by atoms with van der Waals surface area (Å²) >= 11 is 0. The molecule has 1 aliphatic heterocycles. The standard InChI is InChI=1S/C27H27N3O2/c31-24(16-18-5-4-6-20(15-18)19-9-10-19)30-14-11-23-22(17-30)25(32)29-26(28-23)27(12-13-27)21-7-2-1-3-8-21/h1-8,15,19H,9-14,16-17H2,(H,28,29,32). The molecule has 2 saturated carbocycles. The molecule has 5 heteroatoms. The van der Waals surface area contributed by atoms with E-state index in [4.69, 9.17) is 4.98 Å². The highest BCUT2D eigenvalue weighted by atomic mass is 16.2. The summed E-state index contributed by atoms with van der Waals surface area (Å²) < 4.78 is 0. The molecule has 1 amide bonds. The van der Waals surface area contributed by atoms with Crippen molar-refractivity contribution in [1.29, 1.82) is 0 Å². The van der Waals surface area contributed by atoms with Crippen molar-refractivity contribution in [3.8, 4) is 0 Å². The van der Waals surface area contributed by atoms with E-state index in [-0.39, 0.29) is 16.9 Å². The van der Waals surface area contributed by atoms with Crippen LogP contribution >= 0.6 is 0 Å². The van der Waals surface area contributed by atoms with Gasteiger partial charge in [0.2, 0.25) is 5.91 Å². The second-order valence-electron chi connectivity index (χ2n) is 9.55. The molecule has 5 nitrogen and oxygen atoms in total. The zero-order chi connectivity index (χ0) is 21.7. The van der Waals surface area contributed by atoms with Crippen LogP contribution in [-0.2, 0) is 29.6 Å². The number of nitrogens with zero attached hydrogens (tertiary/aromatic N) is 2. The van der Waals surface area contributed by atoms with Gasteiger partial charge in [-0.25, -0.2) is 4.98 Å². The van der Waals surface area contributed by atoms with E-state index in [0.717, 1.165) is 29.9 Å². The average molecular weight is 426 g/mol. The maximum absolute atomic E-state index is 13.0. The van der Waals surface area contributed by atoms with E-state index in [1.165, 1.54) is 24.0 Å². The molecule has 0 radical (unpaired) electrons. The topological polar surface area (TPSA) is 66.1 Å². The van der Waals surface area contributed by atoms with E-state index in [0.29, 0.717) is 37.4 Å². The van der Waals surface area contributed by atoms with E-state index in [2.05, 4.69) is 35.3 Å². The largest absolute Gasteiger partial charge is 0.337 e. The number of amides is 1. The summed E-state index contributed by atoms with van der Waals surface area (Å²) in [6.45, 7) is 0.958. The van der Waals surface area contributed by atoms with Crippen molar-refractivity contribution < 1.29 is 4.79 Å². The molecule has 6 rings (SSSR count). The van der Waals surface area contributed by atoms with Gasteiger partial charge in [0.25, 0.3) is 5.56 Å². The third-order valence-corrected chi connectivity index (χ3v) is 7.31. The van der Waals surface area contributed by atoms with E-state index >= 15 is 0 Å². The highest BCUT2D eigenvalue weighted by Gasteiger charge is 2.48. The highest BCUT2D eigenvalue weighted by molar-refractivity contribution is 5.79. The first-order chi connectivity index (χ1) is 15.6. The van der Waals surface area contributed by atoms with E-state index in [1.54, 1.807) is 0 Å². The number of rotatable bonds is 5. The predicted octanol–water partition coefficient (Wildman–Crippen LogP) is 3.85. The van der Waals surface area contributed by atoms with Gasteiger partial charge in [0, 0.05) is 13.0 Å². The second-order valence-corrected chi connectivity index (χ2v) is 9.55. The van der Waals surface area contributed by atoms with Gasteiger partial charge < -0.3 is 9.88 Å². The molecule has 1 aromatic heterocycles. The van der Waals surface area contributed by atoms with E-state index in [1.807, 2.05) is 29.2 Å². The Labute approximate surface area is 187 Å². The van der Waals surface area contributed by atoms with Crippen LogP contribution in [0.1, 0.15) is 65.4 Å². The van der Waals surface area contributed by atoms with E-state index < -0.39 is 0 Å². The molecule has 0 unspecified atom stereocenters. The summed E-state index contributed by atoms with van der Waals surface area (Å²) in [6, 6.07) is 18.7. The fourth-order valence-electron chi connectivity index (χ4n) is 5.07. The average Bonchev–Trinajstić information content (AvgIpc) is 3.73. The SMILES string of the molecule is O=C(Cc1cccc(C2CC2)c1)N1CCc2nc(C3(c4ccccc4)CC3)[nH]c(=O)c2C1. The van der Waals surface area contributed by atoms with Crippen molar-refractivity contribution in [2.45, 2.75) is 56.4 Å². The number of hydrogen-bond acceptors (Lipinski definition) is 3. The van der Waals surface area contributed by atoms with Gasteiger partial charge in [-0.2, -0.15) is 0 Å². The molecule has 0 spiro atoms. The molecule has 2 fully saturated rings. The maximum atomic E-state index is 13.0. The van der Waals surface area contributed by atoms with E-state index in [9.17, 15) is 9.59 Å². The van der Waals surface area contributed by atoms with Crippen LogP contribution in [0.15, 0.2) is 59.4 Å². The maximum Gasteiger partial charge on any atom is 0.256 e. The quantitative estimate of drug-likeness (QED) is 0.675. The van der Waals surface area contributed by atoms with Crippen LogP contribution in [-0.4, -0.2) is 27.3 Å². The molecular weight excluding hydrogens is 398 g/mol. The van der Waals surface area contributed by atoms with Gasteiger partial charge in [-0.1, -0.05) is 54.6 Å². The zero-order valence-electron chi connectivity index (χ0n) is 18.1. The Morgan fingerprint density at radius 1 is 1.09 bits per heavy atom. The number of aromatic nitrogens is 2. The number of fused-ring (bicyclic) bond motifs is 1. The summed E-state index contributed by atoms with van der Waals surface area (Å²) in [5.74, 6) is 1.54. The van der Waals surface area contributed by atoms with Crippen LogP contribution in [0, 0.1) is 0 Å². The van der Waals surface area contributed by atoms with Crippen molar-refractivity contribution in [1.82, 2.24) is 14.9 Å². The molecule has 2 aromatic carbocycles. The Kier molecular flexibility index (Phi) is 4.53. The van der Waals surface area contributed by atoms with Crippen LogP contribution in [0.5, 0.6) is 0 Å². The summed E-state index contributed by atoms with van der Waals surface area (Å²) in [6.07, 6.45) is 5.53. The zero-order valence-corrected chi connectivity index (χ0v) is 18.1. The fourth-order valence-corrected chi connectivity index (χ4v) is 5.07. The first kappa shape index (κ1) is 19.5. The molecule has 3 aliphatic rings. The van der Waals surface area contributed by atoms with Crippen LogP contribution < -0.4 is 5.56 Å². The molecule has 2 heterocycles. The lowest BCUT2D eigenvalue weighted by atomic mass is 9.94. The summed E-state index contributed by atoms with van der Waals surface area (Å²) in [7, 11) is 0. The lowest BCUT2D eigenvalue weighted by Crippen LogP contribution is -2.41.